The van der Waals surface area contributed by atoms with Gasteiger partial charge in [0.2, 0.25) is 0 Å². The number of carbonyl (C=O) groups is 1. The van der Waals surface area contributed by atoms with Crippen molar-refractivity contribution < 1.29 is 14.3 Å². The van der Waals surface area contributed by atoms with Gasteiger partial charge in [-0.1, -0.05) is 29.8 Å². The Hall–Kier alpha value is -2.66. The molecule has 2 aromatic carbocycles. The van der Waals surface area contributed by atoms with E-state index in [1.54, 1.807) is 11.8 Å². The third kappa shape index (κ3) is 4.26. The van der Waals surface area contributed by atoms with Crippen molar-refractivity contribution >= 4 is 17.5 Å². The zero-order chi connectivity index (χ0) is 21.3. The second-order valence-corrected chi connectivity index (χ2v) is 8.89. The van der Waals surface area contributed by atoms with Crippen LogP contribution < -0.4 is 9.47 Å². The molecule has 2 heterocycles. The number of hydrogen-bond donors (Lipinski definition) is 0. The number of Topliss-reactive ketones (excluding diaryl/α,β-unsaturated/α-hetero) is 1. The molecular formula is C25H27NO3S. The lowest BCUT2D eigenvalue weighted by Crippen LogP contribution is -2.33. The molecular weight excluding hydrogens is 394 g/mol. The minimum absolute atomic E-state index is 0.0861. The van der Waals surface area contributed by atoms with Crippen molar-refractivity contribution in [1.29, 1.82) is 0 Å². The summed E-state index contributed by atoms with van der Waals surface area (Å²) < 4.78 is 14.1. The number of carbonyl (C=O) groups excluding carboxylic acids is 1. The number of ether oxygens (including phenoxy) is 2. The minimum atomic E-state index is -0.0861. The molecule has 4 rings (SSSR count). The van der Waals surface area contributed by atoms with Crippen LogP contribution >= 0.6 is 11.8 Å². The van der Waals surface area contributed by atoms with Crippen molar-refractivity contribution in [3.8, 4) is 11.5 Å². The van der Waals surface area contributed by atoms with Gasteiger partial charge in [-0.25, -0.2) is 0 Å². The van der Waals surface area contributed by atoms with Crippen LogP contribution in [0.25, 0.3) is 0 Å². The van der Waals surface area contributed by atoms with Crippen molar-refractivity contribution in [2.75, 3.05) is 12.4 Å². The molecule has 5 heteroatoms. The smallest absolute Gasteiger partial charge is 0.174 e. The van der Waals surface area contributed by atoms with Gasteiger partial charge in [0.05, 0.1) is 12.3 Å². The van der Waals surface area contributed by atoms with E-state index in [1.807, 2.05) is 44.2 Å². The van der Waals surface area contributed by atoms with Crippen LogP contribution in [0.15, 0.2) is 53.4 Å². The Kier molecular flexibility index (Phi) is 5.91. The van der Waals surface area contributed by atoms with E-state index in [1.165, 1.54) is 16.0 Å². The van der Waals surface area contributed by atoms with Gasteiger partial charge in [0.25, 0.3) is 0 Å². The molecule has 0 saturated carbocycles. The van der Waals surface area contributed by atoms with Gasteiger partial charge in [-0.3, -0.25) is 4.79 Å². The fourth-order valence-corrected chi connectivity index (χ4v) is 4.81. The Morgan fingerprint density at radius 2 is 1.83 bits per heavy atom. The molecule has 0 aliphatic carbocycles. The van der Waals surface area contributed by atoms with E-state index < -0.39 is 0 Å². The fourth-order valence-electron chi connectivity index (χ4n) is 3.80. The number of thioether (sulfide) groups is 1. The molecule has 30 heavy (non-hydrogen) atoms. The highest BCUT2D eigenvalue weighted by molar-refractivity contribution is 8.00. The lowest BCUT2D eigenvalue weighted by molar-refractivity contribution is 0.0777. The summed E-state index contributed by atoms with van der Waals surface area (Å²) in [6, 6.07) is 16.1. The van der Waals surface area contributed by atoms with Crippen molar-refractivity contribution in [3.05, 3.63) is 76.6 Å². The molecule has 1 aliphatic rings. The lowest BCUT2D eigenvalue weighted by atomic mass is 10.2. The molecule has 0 N–H and O–H groups in total. The molecule has 1 atom stereocenters. The Bertz CT molecular complexity index is 1090. The van der Waals surface area contributed by atoms with Gasteiger partial charge in [-0.15, -0.1) is 11.8 Å². The van der Waals surface area contributed by atoms with Gasteiger partial charge in [0, 0.05) is 21.8 Å². The Balaban J connectivity index is 1.45. The average molecular weight is 422 g/mol. The van der Waals surface area contributed by atoms with E-state index in [4.69, 9.17) is 9.47 Å². The van der Waals surface area contributed by atoms with E-state index in [0.717, 1.165) is 28.5 Å². The van der Waals surface area contributed by atoms with E-state index >= 15 is 0 Å². The monoisotopic (exact) mass is 421 g/mol. The standard InChI is InChI=1S/C25H27NO3S/c1-16-9-10-17(2)25(11-16)30-15-22(27)21-12-18(3)26(19(21)4)13-20-14-28-23-7-5-6-8-24(23)29-20/h5-12,20H,13-15H2,1-4H3. The first kappa shape index (κ1) is 20.6. The van der Waals surface area contributed by atoms with Gasteiger partial charge in [0.15, 0.2) is 23.4 Å². The number of benzene rings is 2. The molecule has 1 unspecified atom stereocenters. The highest BCUT2D eigenvalue weighted by Gasteiger charge is 2.24. The number of aromatic nitrogens is 1. The van der Waals surface area contributed by atoms with E-state index in [9.17, 15) is 4.79 Å². The summed E-state index contributed by atoms with van der Waals surface area (Å²) in [7, 11) is 0. The normalized spacial score (nSPS) is 15.3. The fraction of sp³-hybridized carbons (Fsp3) is 0.320. The van der Waals surface area contributed by atoms with Crippen LogP contribution in [-0.4, -0.2) is 28.8 Å². The summed E-state index contributed by atoms with van der Waals surface area (Å²) in [6.45, 7) is 9.37. The first-order valence-corrected chi connectivity index (χ1v) is 11.2. The maximum Gasteiger partial charge on any atom is 0.174 e. The number of nitrogens with zero attached hydrogens (tertiary/aromatic N) is 1. The van der Waals surface area contributed by atoms with Crippen molar-refractivity contribution in [2.24, 2.45) is 0 Å². The summed E-state index contributed by atoms with van der Waals surface area (Å²) in [5.41, 5.74) is 5.27. The third-order valence-corrected chi connectivity index (χ3v) is 6.69. The van der Waals surface area contributed by atoms with E-state index in [0.29, 0.717) is 18.9 Å². The summed E-state index contributed by atoms with van der Waals surface area (Å²) in [5, 5.41) is 0. The minimum Gasteiger partial charge on any atom is -0.486 e. The zero-order valence-corrected chi connectivity index (χ0v) is 18.7. The van der Waals surface area contributed by atoms with Crippen LogP contribution in [0.2, 0.25) is 0 Å². The predicted octanol–water partition coefficient (Wildman–Crippen LogP) is 5.54. The van der Waals surface area contributed by atoms with Gasteiger partial charge in [0.1, 0.15) is 6.61 Å². The van der Waals surface area contributed by atoms with Crippen LogP contribution in [0.1, 0.15) is 32.9 Å². The molecule has 0 amide bonds. The van der Waals surface area contributed by atoms with Crippen molar-refractivity contribution in [3.63, 3.8) is 0 Å². The van der Waals surface area contributed by atoms with E-state index in [-0.39, 0.29) is 11.9 Å². The first-order chi connectivity index (χ1) is 14.4. The number of aryl methyl sites for hydroxylation is 3. The maximum absolute atomic E-state index is 13.0. The SMILES string of the molecule is Cc1ccc(C)c(SCC(=O)c2cc(C)n(CC3COc4ccccc4O3)c2C)c1. The van der Waals surface area contributed by atoms with Crippen molar-refractivity contribution in [1.82, 2.24) is 4.57 Å². The van der Waals surface area contributed by atoms with Gasteiger partial charge >= 0.3 is 0 Å². The number of fused-ring (bicyclic) bond motifs is 1. The second-order valence-electron chi connectivity index (χ2n) is 7.87. The number of ketones is 1. The topological polar surface area (TPSA) is 40.5 Å². The first-order valence-electron chi connectivity index (χ1n) is 10.2. The quantitative estimate of drug-likeness (QED) is 0.387. The summed E-state index contributed by atoms with van der Waals surface area (Å²) >= 11 is 1.61. The number of hydrogen-bond acceptors (Lipinski definition) is 4. The molecule has 0 bridgehead atoms. The highest BCUT2D eigenvalue weighted by atomic mass is 32.2. The van der Waals surface area contributed by atoms with Crippen LogP contribution in [-0.2, 0) is 6.54 Å². The maximum atomic E-state index is 13.0. The Labute approximate surface area is 182 Å². The third-order valence-electron chi connectivity index (χ3n) is 5.53. The molecule has 156 valence electrons. The summed E-state index contributed by atoms with van der Waals surface area (Å²) in [6.07, 6.45) is -0.0861. The van der Waals surface area contributed by atoms with Gasteiger partial charge in [-0.05, 0) is 57.5 Å². The average Bonchev–Trinajstić information content (AvgIpc) is 3.02. The van der Waals surface area contributed by atoms with Gasteiger partial charge < -0.3 is 14.0 Å². The van der Waals surface area contributed by atoms with Gasteiger partial charge in [-0.2, -0.15) is 0 Å². The van der Waals surface area contributed by atoms with Crippen LogP contribution in [0.5, 0.6) is 11.5 Å². The second kappa shape index (κ2) is 8.60. The molecule has 0 saturated heterocycles. The Morgan fingerprint density at radius 3 is 2.63 bits per heavy atom. The molecule has 0 radical (unpaired) electrons. The largest absolute Gasteiger partial charge is 0.486 e. The molecule has 4 nitrogen and oxygen atoms in total. The molecule has 3 aromatic rings. The Morgan fingerprint density at radius 1 is 1.07 bits per heavy atom. The number of para-hydroxylation sites is 2. The molecule has 1 aromatic heterocycles. The summed E-state index contributed by atoms with van der Waals surface area (Å²) in [4.78, 5) is 14.1. The van der Waals surface area contributed by atoms with E-state index in [2.05, 4.69) is 36.6 Å². The van der Waals surface area contributed by atoms with Crippen molar-refractivity contribution in [2.45, 2.75) is 45.2 Å². The number of rotatable bonds is 6. The lowest BCUT2D eigenvalue weighted by Gasteiger charge is -2.27. The van der Waals surface area contributed by atoms with Crippen LogP contribution in [0.3, 0.4) is 0 Å². The highest BCUT2D eigenvalue weighted by Crippen LogP contribution is 2.32. The van der Waals surface area contributed by atoms with Crippen LogP contribution in [0.4, 0.5) is 0 Å². The zero-order valence-electron chi connectivity index (χ0n) is 17.9. The van der Waals surface area contributed by atoms with Crippen LogP contribution in [0, 0.1) is 27.7 Å². The molecule has 0 fully saturated rings. The predicted molar refractivity (Wildman–Crippen MR) is 121 cm³/mol. The summed E-state index contributed by atoms with van der Waals surface area (Å²) in [5.74, 6) is 2.16. The molecule has 0 spiro atoms. The molecule has 1 aliphatic heterocycles.